The minimum absolute atomic E-state index is 0.587. The highest BCUT2D eigenvalue weighted by Gasteiger charge is 2.40. The molecule has 3 fully saturated rings. The molecule has 2 saturated carbocycles. The van der Waals surface area contributed by atoms with Crippen molar-refractivity contribution in [2.75, 3.05) is 19.6 Å². The minimum atomic E-state index is 0.587. The standard InChI is InChI=1S/C19H36N2/c1-16(2)20-14-19(11-5-6-12-19)15-21-13-7-9-17-8-3-4-10-18(17)21/h16-18,20H,3-15H2,1-2H3/t17-,18-/m1/s1. The van der Waals surface area contributed by atoms with E-state index in [-0.39, 0.29) is 0 Å². The average Bonchev–Trinajstić information content (AvgIpc) is 2.95. The summed E-state index contributed by atoms with van der Waals surface area (Å²) in [6.45, 7) is 8.60. The number of fused-ring (bicyclic) bond motifs is 1. The van der Waals surface area contributed by atoms with Crippen molar-refractivity contribution in [1.82, 2.24) is 10.2 Å². The molecule has 0 radical (unpaired) electrons. The first-order valence-corrected chi connectivity index (χ1v) is 9.66. The summed E-state index contributed by atoms with van der Waals surface area (Å²) < 4.78 is 0. The molecular weight excluding hydrogens is 256 g/mol. The Bertz CT molecular complexity index is 318. The lowest BCUT2D eigenvalue weighted by atomic mass is 9.76. The molecule has 21 heavy (non-hydrogen) atoms. The highest BCUT2D eigenvalue weighted by Crippen LogP contribution is 2.42. The van der Waals surface area contributed by atoms with Gasteiger partial charge in [-0.15, -0.1) is 0 Å². The van der Waals surface area contributed by atoms with Crippen LogP contribution < -0.4 is 5.32 Å². The second-order valence-corrected chi connectivity index (χ2v) is 8.47. The second kappa shape index (κ2) is 7.00. The van der Waals surface area contributed by atoms with E-state index in [2.05, 4.69) is 24.1 Å². The lowest BCUT2D eigenvalue weighted by molar-refractivity contribution is 0.0239. The van der Waals surface area contributed by atoms with Gasteiger partial charge in [0.15, 0.2) is 0 Å². The molecule has 0 aromatic rings. The van der Waals surface area contributed by atoms with Gasteiger partial charge in [0.2, 0.25) is 0 Å². The summed E-state index contributed by atoms with van der Waals surface area (Å²) in [7, 11) is 0. The molecule has 0 aromatic carbocycles. The van der Waals surface area contributed by atoms with E-state index in [1.807, 2.05) is 0 Å². The predicted octanol–water partition coefficient (Wildman–Crippen LogP) is 4.20. The van der Waals surface area contributed by atoms with Gasteiger partial charge in [-0.25, -0.2) is 0 Å². The Morgan fingerprint density at radius 1 is 1.00 bits per heavy atom. The number of nitrogens with zero attached hydrogens (tertiary/aromatic N) is 1. The number of hydrogen-bond acceptors (Lipinski definition) is 2. The zero-order valence-corrected chi connectivity index (χ0v) is 14.4. The highest BCUT2D eigenvalue weighted by atomic mass is 15.2. The quantitative estimate of drug-likeness (QED) is 0.817. The zero-order valence-electron chi connectivity index (χ0n) is 14.4. The minimum Gasteiger partial charge on any atom is -0.314 e. The van der Waals surface area contributed by atoms with Crippen LogP contribution in [0.1, 0.15) is 78.1 Å². The first kappa shape index (κ1) is 15.8. The third kappa shape index (κ3) is 3.82. The summed E-state index contributed by atoms with van der Waals surface area (Å²) in [5.74, 6) is 1.03. The number of likely N-dealkylation sites (tertiary alicyclic amines) is 1. The summed E-state index contributed by atoms with van der Waals surface area (Å²) in [4.78, 5) is 2.93. The summed E-state index contributed by atoms with van der Waals surface area (Å²) in [5, 5.41) is 3.76. The molecule has 2 aliphatic carbocycles. The average molecular weight is 293 g/mol. The fourth-order valence-corrected chi connectivity index (χ4v) is 5.29. The first-order valence-electron chi connectivity index (χ1n) is 9.66. The van der Waals surface area contributed by atoms with Crippen LogP contribution in [0.4, 0.5) is 0 Å². The van der Waals surface area contributed by atoms with Crippen LogP contribution >= 0.6 is 0 Å². The Hall–Kier alpha value is -0.0800. The third-order valence-electron chi connectivity index (χ3n) is 6.45. The van der Waals surface area contributed by atoms with Crippen molar-refractivity contribution in [3.05, 3.63) is 0 Å². The molecule has 3 rings (SSSR count). The molecule has 2 atom stereocenters. The normalized spacial score (nSPS) is 33.3. The maximum absolute atomic E-state index is 3.76. The van der Waals surface area contributed by atoms with Crippen molar-refractivity contribution in [3.63, 3.8) is 0 Å². The summed E-state index contributed by atoms with van der Waals surface area (Å²) in [6.07, 6.45) is 14.8. The van der Waals surface area contributed by atoms with Gasteiger partial charge in [0.05, 0.1) is 0 Å². The fraction of sp³-hybridized carbons (Fsp3) is 1.00. The van der Waals surface area contributed by atoms with E-state index in [1.54, 1.807) is 0 Å². The molecule has 1 heterocycles. The Balaban J connectivity index is 1.64. The van der Waals surface area contributed by atoms with Crippen LogP contribution in [-0.2, 0) is 0 Å². The van der Waals surface area contributed by atoms with E-state index in [0.717, 1.165) is 12.0 Å². The van der Waals surface area contributed by atoms with Gasteiger partial charge in [-0.3, -0.25) is 4.90 Å². The number of nitrogens with one attached hydrogen (secondary N) is 1. The summed E-state index contributed by atoms with van der Waals surface area (Å²) in [6, 6.07) is 1.57. The topological polar surface area (TPSA) is 15.3 Å². The zero-order chi connectivity index (χ0) is 14.7. The molecule has 0 bridgehead atoms. The maximum Gasteiger partial charge on any atom is 0.0124 e. The monoisotopic (exact) mass is 292 g/mol. The van der Waals surface area contributed by atoms with Gasteiger partial charge in [0, 0.05) is 25.2 Å². The van der Waals surface area contributed by atoms with E-state index in [4.69, 9.17) is 0 Å². The van der Waals surface area contributed by atoms with Gasteiger partial charge in [0.1, 0.15) is 0 Å². The van der Waals surface area contributed by atoms with Gasteiger partial charge in [-0.1, -0.05) is 39.5 Å². The molecule has 1 N–H and O–H groups in total. The predicted molar refractivity (Wildman–Crippen MR) is 90.6 cm³/mol. The van der Waals surface area contributed by atoms with Crippen molar-refractivity contribution in [3.8, 4) is 0 Å². The van der Waals surface area contributed by atoms with Gasteiger partial charge in [0.25, 0.3) is 0 Å². The second-order valence-electron chi connectivity index (χ2n) is 8.47. The molecule has 122 valence electrons. The van der Waals surface area contributed by atoms with E-state index in [0.29, 0.717) is 11.5 Å². The number of piperidine rings is 1. The molecule has 0 spiro atoms. The van der Waals surface area contributed by atoms with E-state index < -0.39 is 0 Å². The van der Waals surface area contributed by atoms with Crippen LogP contribution in [0, 0.1) is 11.3 Å². The lowest BCUT2D eigenvalue weighted by Gasteiger charge is -2.47. The van der Waals surface area contributed by atoms with Crippen LogP contribution in [0.25, 0.3) is 0 Å². The summed E-state index contributed by atoms with van der Waals surface area (Å²) in [5.41, 5.74) is 0.587. The maximum atomic E-state index is 3.76. The first-order chi connectivity index (χ1) is 10.2. The van der Waals surface area contributed by atoms with Gasteiger partial charge < -0.3 is 5.32 Å². The molecule has 0 aromatic heterocycles. The van der Waals surface area contributed by atoms with Crippen LogP contribution in [0.2, 0.25) is 0 Å². The van der Waals surface area contributed by atoms with E-state index in [9.17, 15) is 0 Å². The largest absolute Gasteiger partial charge is 0.314 e. The molecule has 0 amide bonds. The van der Waals surface area contributed by atoms with Crippen molar-refractivity contribution in [2.24, 2.45) is 11.3 Å². The lowest BCUT2D eigenvalue weighted by Crippen LogP contribution is -2.52. The van der Waals surface area contributed by atoms with Crippen LogP contribution in [-0.4, -0.2) is 36.6 Å². The van der Waals surface area contributed by atoms with Crippen LogP contribution in [0.5, 0.6) is 0 Å². The smallest absolute Gasteiger partial charge is 0.0124 e. The SMILES string of the molecule is CC(C)NCC1(CN2CCC[C@H]3CCCC[C@H]32)CCCC1. The molecular formula is C19H36N2. The summed E-state index contributed by atoms with van der Waals surface area (Å²) >= 11 is 0. The van der Waals surface area contributed by atoms with Crippen molar-refractivity contribution < 1.29 is 0 Å². The Morgan fingerprint density at radius 2 is 1.71 bits per heavy atom. The van der Waals surface area contributed by atoms with Crippen LogP contribution in [0.3, 0.4) is 0 Å². The Morgan fingerprint density at radius 3 is 2.48 bits per heavy atom. The third-order valence-corrected chi connectivity index (χ3v) is 6.45. The number of rotatable bonds is 5. The van der Waals surface area contributed by atoms with E-state index >= 15 is 0 Å². The van der Waals surface area contributed by atoms with Crippen molar-refractivity contribution >= 4 is 0 Å². The molecule has 1 aliphatic heterocycles. The Labute approximate surface area is 132 Å². The number of hydrogen-bond donors (Lipinski definition) is 1. The fourth-order valence-electron chi connectivity index (χ4n) is 5.29. The molecule has 2 heteroatoms. The van der Waals surface area contributed by atoms with Crippen molar-refractivity contribution in [2.45, 2.75) is 90.1 Å². The Kier molecular flexibility index (Phi) is 5.27. The molecule has 3 aliphatic rings. The molecule has 1 saturated heterocycles. The molecule has 2 nitrogen and oxygen atoms in total. The highest BCUT2D eigenvalue weighted by molar-refractivity contribution is 4.94. The molecule has 0 unspecified atom stereocenters. The van der Waals surface area contributed by atoms with E-state index in [1.165, 1.54) is 83.8 Å². The van der Waals surface area contributed by atoms with Gasteiger partial charge in [-0.2, -0.15) is 0 Å². The van der Waals surface area contributed by atoms with Gasteiger partial charge >= 0.3 is 0 Å². The van der Waals surface area contributed by atoms with Crippen LogP contribution in [0.15, 0.2) is 0 Å². The van der Waals surface area contributed by atoms with Gasteiger partial charge in [-0.05, 0) is 56.4 Å². The van der Waals surface area contributed by atoms with Crippen molar-refractivity contribution in [1.29, 1.82) is 0 Å².